The summed E-state index contributed by atoms with van der Waals surface area (Å²) in [6.07, 6.45) is 1.60. The highest BCUT2D eigenvalue weighted by Crippen LogP contribution is 2.31. The third-order valence-corrected chi connectivity index (χ3v) is 7.16. The van der Waals surface area contributed by atoms with Crippen molar-refractivity contribution in [3.63, 3.8) is 0 Å². The maximum absolute atomic E-state index is 14.2. The van der Waals surface area contributed by atoms with E-state index in [0.29, 0.717) is 33.4 Å². The number of anilines is 1. The quantitative estimate of drug-likeness (QED) is 0.396. The zero-order chi connectivity index (χ0) is 24.5. The molecule has 176 valence electrons. The molecule has 0 spiro atoms. The molecule has 0 unspecified atom stereocenters. The number of nitrogens with zero attached hydrogens (tertiary/aromatic N) is 2. The van der Waals surface area contributed by atoms with Crippen molar-refractivity contribution < 1.29 is 22.3 Å². The van der Waals surface area contributed by atoms with Crippen LogP contribution in [0.15, 0.2) is 65.8 Å². The molecule has 0 bridgehead atoms. The van der Waals surface area contributed by atoms with Crippen molar-refractivity contribution in [1.82, 2.24) is 9.55 Å². The minimum Gasteiger partial charge on any atom is -0.468 e. The number of benzene rings is 2. The number of aromatic nitrogens is 2. The molecule has 9 heteroatoms. The Morgan fingerprint density at radius 1 is 1.12 bits per heavy atom. The lowest BCUT2D eigenvalue weighted by Gasteiger charge is -2.13. The molecule has 0 saturated heterocycles. The number of hydrogen-bond donors (Lipinski definition) is 1. The molecule has 2 aromatic carbocycles. The average Bonchev–Trinajstić information content (AvgIpc) is 3.05. The minimum absolute atomic E-state index is 0.0441. The Kier molecular flexibility index (Phi) is 6.39. The van der Waals surface area contributed by atoms with Crippen LogP contribution in [0.5, 0.6) is 0 Å². The number of methoxy groups -OCH3 is 1. The van der Waals surface area contributed by atoms with Crippen LogP contribution < -0.4 is 4.72 Å². The van der Waals surface area contributed by atoms with Gasteiger partial charge in [-0.25, -0.2) is 9.37 Å². The maximum Gasteiger partial charge on any atom is 0.325 e. The van der Waals surface area contributed by atoms with Crippen molar-refractivity contribution in [3.8, 4) is 0 Å². The highest BCUT2D eigenvalue weighted by molar-refractivity contribution is 7.92. The Balaban J connectivity index is 1.80. The van der Waals surface area contributed by atoms with E-state index in [4.69, 9.17) is 4.74 Å². The number of rotatable bonds is 7. The first kappa shape index (κ1) is 23.4. The van der Waals surface area contributed by atoms with Crippen molar-refractivity contribution in [2.45, 2.75) is 31.8 Å². The number of carbonyl (C=O) groups is 1. The molecule has 0 amide bonds. The van der Waals surface area contributed by atoms with Gasteiger partial charge in [0.15, 0.2) is 5.03 Å². The summed E-state index contributed by atoms with van der Waals surface area (Å²) in [5.74, 6) is -0.868. The summed E-state index contributed by atoms with van der Waals surface area (Å²) in [4.78, 5) is 16.1. The number of nitrogens with one attached hydrogen (secondary N) is 1. The Morgan fingerprint density at radius 3 is 2.62 bits per heavy atom. The number of fused-ring (bicyclic) bond motifs is 1. The fourth-order valence-corrected chi connectivity index (χ4v) is 5.32. The van der Waals surface area contributed by atoms with Crippen molar-refractivity contribution in [1.29, 1.82) is 0 Å². The van der Waals surface area contributed by atoms with Crippen LogP contribution >= 0.6 is 0 Å². The van der Waals surface area contributed by atoms with Crippen LogP contribution in [0.1, 0.15) is 22.4 Å². The summed E-state index contributed by atoms with van der Waals surface area (Å²) >= 11 is 0. The lowest BCUT2D eigenvalue weighted by atomic mass is 10.0. The third-order valence-electron chi connectivity index (χ3n) is 5.79. The second-order valence-electron chi connectivity index (χ2n) is 7.95. The van der Waals surface area contributed by atoms with Crippen LogP contribution in [0.4, 0.5) is 10.1 Å². The summed E-state index contributed by atoms with van der Waals surface area (Å²) in [6.45, 7) is 3.58. The largest absolute Gasteiger partial charge is 0.468 e. The molecule has 7 nitrogen and oxygen atoms in total. The summed E-state index contributed by atoms with van der Waals surface area (Å²) in [5, 5.41) is 0.489. The van der Waals surface area contributed by atoms with Gasteiger partial charge < -0.3 is 9.30 Å². The lowest BCUT2D eigenvalue weighted by molar-refractivity contribution is -0.141. The first-order valence-corrected chi connectivity index (χ1v) is 12.1. The van der Waals surface area contributed by atoms with Crippen molar-refractivity contribution in [3.05, 3.63) is 89.0 Å². The molecular weight excluding hydrogens is 457 g/mol. The summed E-state index contributed by atoms with van der Waals surface area (Å²) < 4.78 is 49.8. The number of pyridine rings is 1. The number of aryl methyl sites for hydroxylation is 1. The SMILES string of the molecule is COC(=O)Cn1c(C)c(Cc2cccnc2S(=O)(=O)Nc2ccccc2C)c2cc(F)ccc21. The molecule has 0 fully saturated rings. The number of sulfonamides is 1. The van der Waals surface area contributed by atoms with Crippen molar-refractivity contribution in [2.75, 3.05) is 11.8 Å². The molecule has 4 aromatic rings. The molecule has 2 aromatic heterocycles. The number of carbonyl (C=O) groups excluding carboxylic acids is 1. The van der Waals surface area contributed by atoms with E-state index in [0.717, 1.165) is 5.56 Å². The van der Waals surface area contributed by atoms with E-state index >= 15 is 0 Å². The summed E-state index contributed by atoms with van der Waals surface area (Å²) in [5.41, 5.74) is 3.77. The van der Waals surface area contributed by atoms with E-state index in [-0.39, 0.29) is 18.0 Å². The fraction of sp³-hybridized carbons (Fsp3) is 0.200. The number of hydrogen-bond acceptors (Lipinski definition) is 5. The zero-order valence-electron chi connectivity index (χ0n) is 19.0. The van der Waals surface area contributed by atoms with Crippen LogP contribution in [-0.2, 0) is 32.5 Å². The summed E-state index contributed by atoms with van der Waals surface area (Å²) in [7, 11) is -2.69. The van der Waals surface area contributed by atoms with Gasteiger partial charge in [0, 0.05) is 29.2 Å². The fourth-order valence-electron chi connectivity index (χ4n) is 4.02. The van der Waals surface area contributed by atoms with Gasteiger partial charge in [0.2, 0.25) is 0 Å². The van der Waals surface area contributed by atoms with Gasteiger partial charge in [-0.2, -0.15) is 8.42 Å². The van der Waals surface area contributed by atoms with E-state index < -0.39 is 21.8 Å². The van der Waals surface area contributed by atoms with Crippen LogP contribution in [0, 0.1) is 19.7 Å². The topological polar surface area (TPSA) is 90.3 Å². The molecule has 2 heterocycles. The van der Waals surface area contributed by atoms with Gasteiger partial charge in [-0.15, -0.1) is 0 Å². The Labute approximate surface area is 197 Å². The first-order chi connectivity index (χ1) is 16.2. The zero-order valence-corrected chi connectivity index (χ0v) is 19.8. The van der Waals surface area contributed by atoms with E-state index in [2.05, 4.69) is 9.71 Å². The molecule has 1 N–H and O–H groups in total. The third kappa shape index (κ3) is 4.51. The first-order valence-electron chi connectivity index (χ1n) is 10.6. The van der Waals surface area contributed by atoms with Crippen LogP contribution in [0.2, 0.25) is 0 Å². The van der Waals surface area contributed by atoms with Gasteiger partial charge >= 0.3 is 5.97 Å². The predicted octanol–water partition coefficient (Wildman–Crippen LogP) is 4.36. The van der Waals surface area contributed by atoms with Gasteiger partial charge in [0.1, 0.15) is 12.4 Å². The van der Waals surface area contributed by atoms with Crippen LogP contribution in [0.25, 0.3) is 10.9 Å². The molecule has 0 aliphatic carbocycles. The second-order valence-corrected chi connectivity index (χ2v) is 9.55. The molecule has 0 aliphatic rings. The van der Waals surface area contributed by atoms with Gasteiger partial charge in [-0.05, 0) is 60.9 Å². The minimum atomic E-state index is -3.99. The average molecular weight is 482 g/mol. The van der Waals surface area contributed by atoms with E-state index in [1.54, 1.807) is 34.9 Å². The molecule has 0 saturated carbocycles. The van der Waals surface area contributed by atoms with Crippen molar-refractivity contribution >= 4 is 32.6 Å². The second kappa shape index (κ2) is 9.26. The smallest absolute Gasteiger partial charge is 0.325 e. The molecular formula is C25H24FN3O4S. The van der Waals surface area contributed by atoms with Gasteiger partial charge in [0.05, 0.1) is 12.8 Å². The normalized spacial score (nSPS) is 11.5. The standard InChI is InChI=1S/C25H24FN3O4S/c1-16-7-4-5-9-22(16)28-34(31,32)25-18(8-6-12-27-25)13-20-17(2)29(15-24(30)33-3)23-11-10-19(26)14-21(20)23/h4-12,14,28H,13,15H2,1-3H3. The van der Waals surface area contributed by atoms with Crippen molar-refractivity contribution in [2.24, 2.45) is 0 Å². The number of halogens is 1. The van der Waals surface area contributed by atoms with E-state index in [1.807, 2.05) is 26.0 Å². The van der Waals surface area contributed by atoms with Gasteiger partial charge in [-0.1, -0.05) is 24.3 Å². The Bertz CT molecular complexity index is 1500. The number of para-hydroxylation sites is 1. The molecule has 0 radical (unpaired) electrons. The molecule has 0 aliphatic heterocycles. The highest BCUT2D eigenvalue weighted by Gasteiger charge is 2.24. The van der Waals surface area contributed by atoms with E-state index in [9.17, 15) is 17.6 Å². The van der Waals surface area contributed by atoms with Crippen LogP contribution in [0.3, 0.4) is 0 Å². The highest BCUT2D eigenvalue weighted by atomic mass is 32.2. The molecule has 34 heavy (non-hydrogen) atoms. The monoisotopic (exact) mass is 481 g/mol. The Hall–Kier alpha value is -3.72. The number of ether oxygens (including phenoxy) is 1. The molecule has 0 atom stereocenters. The van der Waals surface area contributed by atoms with Crippen LogP contribution in [-0.4, -0.2) is 31.0 Å². The van der Waals surface area contributed by atoms with E-state index in [1.165, 1.54) is 25.4 Å². The van der Waals surface area contributed by atoms with Gasteiger partial charge in [0.25, 0.3) is 10.0 Å². The predicted molar refractivity (Wildman–Crippen MR) is 128 cm³/mol. The number of esters is 1. The maximum atomic E-state index is 14.2. The molecule has 4 rings (SSSR count). The van der Waals surface area contributed by atoms with Gasteiger partial charge in [-0.3, -0.25) is 9.52 Å². The summed E-state index contributed by atoms with van der Waals surface area (Å²) in [6, 6.07) is 14.7. The lowest BCUT2D eigenvalue weighted by Crippen LogP contribution is -2.17. The Morgan fingerprint density at radius 2 is 1.88 bits per heavy atom.